The summed E-state index contributed by atoms with van der Waals surface area (Å²) in [6.07, 6.45) is 1.88. The molecule has 0 spiro atoms. The lowest BCUT2D eigenvalue weighted by Crippen LogP contribution is -1.97. The van der Waals surface area contributed by atoms with Crippen molar-refractivity contribution in [3.8, 4) is 11.3 Å². The van der Waals surface area contributed by atoms with Gasteiger partial charge in [-0.2, -0.15) is 0 Å². The third-order valence-corrected chi connectivity index (χ3v) is 2.17. The molecular weight excluding hydrogens is 174 g/mol. The third kappa shape index (κ3) is 1.67. The number of aromatic nitrogens is 2. The Balaban J connectivity index is 2.34. The van der Waals surface area contributed by atoms with Gasteiger partial charge in [-0.25, -0.2) is 4.98 Å². The molecule has 0 amide bonds. The summed E-state index contributed by atoms with van der Waals surface area (Å²) in [5, 5.41) is 0. The van der Waals surface area contributed by atoms with Gasteiger partial charge in [0.15, 0.2) is 0 Å². The van der Waals surface area contributed by atoms with Crippen LogP contribution in [0.15, 0.2) is 30.5 Å². The van der Waals surface area contributed by atoms with Gasteiger partial charge in [-0.3, -0.25) is 0 Å². The number of nitrogens with two attached hydrogens (primary N) is 1. The van der Waals surface area contributed by atoms with E-state index in [1.54, 1.807) is 0 Å². The lowest BCUT2D eigenvalue weighted by atomic mass is 10.1. The van der Waals surface area contributed by atoms with E-state index in [0.29, 0.717) is 6.54 Å². The maximum absolute atomic E-state index is 5.47. The molecule has 1 aromatic carbocycles. The topological polar surface area (TPSA) is 54.7 Å². The summed E-state index contributed by atoms with van der Waals surface area (Å²) in [6, 6.07) is 8.27. The molecule has 2 aromatic rings. The Labute approximate surface area is 83.0 Å². The van der Waals surface area contributed by atoms with Crippen molar-refractivity contribution in [2.45, 2.75) is 13.5 Å². The number of hydrogen-bond acceptors (Lipinski definition) is 2. The predicted octanol–water partition coefficient (Wildman–Crippen LogP) is 1.84. The van der Waals surface area contributed by atoms with Crippen LogP contribution in [0, 0.1) is 6.92 Å². The lowest BCUT2D eigenvalue weighted by molar-refractivity contribution is 0.950. The molecule has 0 saturated heterocycles. The Bertz CT molecular complexity index is 414. The van der Waals surface area contributed by atoms with Crippen LogP contribution in [0.1, 0.15) is 11.4 Å². The van der Waals surface area contributed by atoms with Crippen LogP contribution in [0.25, 0.3) is 11.3 Å². The summed E-state index contributed by atoms with van der Waals surface area (Å²) in [7, 11) is 0. The average molecular weight is 187 g/mol. The molecule has 0 aliphatic heterocycles. The van der Waals surface area contributed by atoms with Crippen molar-refractivity contribution in [3.05, 3.63) is 41.9 Å². The first kappa shape index (κ1) is 8.97. The highest BCUT2D eigenvalue weighted by Gasteiger charge is 2.01. The summed E-state index contributed by atoms with van der Waals surface area (Å²) in [5.74, 6) is 0.820. The molecule has 1 heterocycles. The minimum Gasteiger partial charge on any atom is -0.347 e. The zero-order valence-corrected chi connectivity index (χ0v) is 8.12. The number of H-pyrrole nitrogens is 1. The van der Waals surface area contributed by atoms with Crippen LogP contribution in [-0.4, -0.2) is 9.97 Å². The molecule has 0 atom stereocenters. The molecule has 72 valence electrons. The van der Waals surface area contributed by atoms with E-state index in [-0.39, 0.29) is 0 Å². The molecule has 14 heavy (non-hydrogen) atoms. The van der Waals surface area contributed by atoms with Gasteiger partial charge in [-0.05, 0) is 6.92 Å². The monoisotopic (exact) mass is 187 g/mol. The number of nitrogens with zero attached hydrogens (tertiary/aromatic N) is 1. The van der Waals surface area contributed by atoms with Crippen LogP contribution in [0.3, 0.4) is 0 Å². The highest BCUT2D eigenvalue weighted by Crippen LogP contribution is 2.17. The van der Waals surface area contributed by atoms with E-state index in [2.05, 4.69) is 41.2 Å². The molecule has 0 fully saturated rings. The van der Waals surface area contributed by atoms with Gasteiger partial charge >= 0.3 is 0 Å². The quantitative estimate of drug-likeness (QED) is 0.753. The van der Waals surface area contributed by atoms with Crippen molar-refractivity contribution < 1.29 is 0 Å². The third-order valence-electron chi connectivity index (χ3n) is 2.17. The van der Waals surface area contributed by atoms with Gasteiger partial charge in [0.2, 0.25) is 0 Å². The van der Waals surface area contributed by atoms with Crippen LogP contribution in [0.5, 0.6) is 0 Å². The molecule has 0 unspecified atom stereocenters. The highest BCUT2D eigenvalue weighted by atomic mass is 14.9. The smallest absolute Gasteiger partial charge is 0.120 e. The maximum atomic E-state index is 5.47. The molecule has 0 aliphatic rings. The number of imidazole rings is 1. The zero-order chi connectivity index (χ0) is 9.97. The molecule has 0 radical (unpaired) electrons. The number of nitrogens with one attached hydrogen (secondary N) is 1. The van der Waals surface area contributed by atoms with E-state index in [0.717, 1.165) is 17.1 Å². The maximum Gasteiger partial charge on any atom is 0.120 e. The first-order valence-electron chi connectivity index (χ1n) is 4.61. The van der Waals surface area contributed by atoms with Crippen molar-refractivity contribution >= 4 is 0 Å². The minimum atomic E-state index is 0.450. The van der Waals surface area contributed by atoms with Crippen molar-refractivity contribution in [1.29, 1.82) is 0 Å². The lowest BCUT2D eigenvalue weighted by Gasteiger charge is -1.96. The summed E-state index contributed by atoms with van der Waals surface area (Å²) in [6.45, 7) is 2.52. The standard InChI is InChI=1S/C11H13N3/c1-8-2-4-9(5-3-8)10-7-13-11(6-12)14-10/h2-5,7H,6,12H2,1H3,(H,13,14). The molecule has 0 saturated carbocycles. The number of aromatic amines is 1. The second-order valence-corrected chi connectivity index (χ2v) is 3.30. The summed E-state index contributed by atoms with van der Waals surface area (Å²) >= 11 is 0. The van der Waals surface area contributed by atoms with Crippen LogP contribution >= 0.6 is 0 Å². The predicted molar refractivity (Wildman–Crippen MR) is 56.7 cm³/mol. The first-order valence-corrected chi connectivity index (χ1v) is 4.61. The number of rotatable bonds is 2. The van der Waals surface area contributed by atoms with E-state index >= 15 is 0 Å². The van der Waals surface area contributed by atoms with Crippen LogP contribution < -0.4 is 5.73 Å². The second kappa shape index (κ2) is 3.64. The van der Waals surface area contributed by atoms with Crippen molar-refractivity contribution in [2.24, 2.45) is 5.73 Å². The van der Waals surface area contributed by atoms with Crippen molar-refractivity contribution in [3.63, 3.8) is 0 Å². The second-order valence-electron chi connectivity index (χ2n) is 3.30. The summed E-state index contributed by atoms with van der Waals surface area (Å²) in [5.41, 5.74) is 8.79. The Morgan fingerprint density at radius 3 is 2.57 bits per heavy atom. The highest BCUT2D eigenvalue weighted by molar-refractivity contribution is 5.58. The van der Waals surface area contributed by atoms with Gasteiger partial charge < -0.3 is 10.7 Å². The molecule has 3 heteroatoms. The van der Waals surface area contributed by atoms with Gasteiger partial charge in [0.1, 0.15) is 5.82 Å². The van der Waals surface area contributed by atoms with E-state index in [1.165, 1.54) is 5.56 Å². The fourth-order valence-electron chi connectivity index (χ4n) is 1.34. The fourth-order valence-corrected chi connectivity index (χ4v) is 1.34. The zero-order valence-electron chi connectivity index (χ0n) is 8.12. The van der Waals surface area contributed by atoms with Crippen LogP contribution in [0.2, 0.25) is 0 Å². The van der Waals surface area contributed by atoms with Crippen molar-refractivity contribution in [1.82, 2.24) is 9.97 Å². The van der Waals surface area contributed by atoms with Gasteiger partial charge in [0.05, 0.1) is 12.2 Å². The first-order chi connectivity index (χ1) is 6.79. The van der Waals surface area contributed by atoms with Crippen molar-refractivity contribution in [2.75, 3.05) is 0 Å². The molecule has 0 aliphatic carbocycles. The molecule has 0 bridgehead atoms. The normalized spacial score (nSPS) is 10.4. The Morgan fingerprint density at radius 2 is 2.00 bits per heavy atom. The molecular formula is C11H13N3. The number of benzene rings is 1. The minimum absolute atomic E-state index is 0.450. The number of aryl methyl sites for hydroxylation is 1. The van der Waals surface area contributed by atoms with Crippen LogP contribution in [0.4, 0.5) is 0 Å². The van der Waals surface area contributed by atoms with E-state index in [9.17, 15) is 0 Å². The number of hydrogen-bond donors (Lipinski definition) is 2. The Hall–Kier alpha value is -1.61. The van der Waals surface area contributed by atoms with E-state index < -0.39 is 0 Å². The fraction of sp³-hybridized carbons (Fsp3) is 0.182. The van der Waals surface area contributed by atoms with Gasteiger partial charge in [-0.1, -0.05) is 29.8 Å². The largest absolute Gasteiger partial charge is 0.347 e. The molecule has 2 rings (SSSR count). The van der Waals surface area contributed by atoms with Gasteiger partial charge in [0, 0.05) is 11.8 Å². The van der Waals surface area contributed by atoms with E-state index in [4.69, 9.17) is 5.73 Å². The average Bonchev–Trinajstić information content (AvgIpc) is 2.67. The van der Waals surface area contributed by atoms with E-state index in [1.807, 2.05) is 6.20 Å². The van der Waals surface area contributed by atoms with Gasteiger partial charge in [0.25, 0.3) is 0 Å². The SMILES string of the molecule is Cc1ccc(-c2c[nH]c(CN)n2)cc1. The Morgan fingerprint density at radius 1 is 1.29 bits per heavy atom. The van der Waals surface area contributed by atoms with Crippen LogP contribution in [-0.2, 0) is 6.54 Å². The molecule has 3 N–H and O–H groups in total. The summed E-state index contributed by atoms with van der Waals surface area (Å²) < 4.78 is 0. The molecule has 1 aromatic heterocycles. The van der Waals surface area contributed by atoms with Gasteiger partial charge in [-0.15, -0.1) is 0 Å². The summed E-state index contributed by atoms with van der Waals surface area (Å²) in [4.78, 5) is 7.38. The molecule has 3 nitrogen and oxygen atoms in total. The Kier molecular flexibility index (Phi) is 2.33.